The minimum Gasteiger partial charge on any atom is -0.298 e. The number of likely N-dealkylation sites (N-methyl/N-ethyl adjacent to an activating group) is 1. The van der Waals surface area contributed by atoms with Gasteiger partial charge in [-0.15, -0.1) is 11.3 Å². The molecular weight excluding hydrogens is 318 g/mol. The maximum absolute atomic E-state index is 12.5. The van der Waals surface area contributed by atoms with Gasteiger partial charge in [0.25, 0.3) is 5.91 Å². The summed E-state index contributed by atoms with van der Waals surface area (Å²) in [6.45, 7) is 11.7. The fourth-order valence-electron chi connectivity index (χ4n) is 2.86. The Kier molecular flexibility index (Phi) is 4.74. The molecule has 2 aromatic rings. The van der Waals surface area contributed by atoms with Crippen molar-refractivity contribution in [1.82, 2.24) is 9.88 Å². The molecule has 3 rings (SSSR count). The highest BCUT2D eigenvalue weighted by Gasteiger charge is 2.21. The average Bonchev–Trinajstić information content (AvgIpc) is 2.95. The molecule has 1 N–H and O–H groups in total. The Hall–Kier alpha value is -1.72. The lowest BCUT2D eigenvalue weighted by molar-refractivity contribution is 0.102. The molecule has 24 heavy (non-hydrogen) atoms. The highest BCUT2D eigenvalue weighted by atomic mass is 32.1. The molecule has 0 radical (unpaired) electrons. The zero-order valence-corrected chi connectivity index (χ0v) is 15.7. The topological polar surface area (TPSA) is 45.2 Å². The molecule has 0 aliphatic carbocycles. The Morgan fingerprint density at radius 3 is 2.62 bits per heavy atom. The van der Waals surface area contributed by atoms with Gasteiger partial charge in [-0.1, -0.05) is 39.8 Å². The number of rotatable bonds is 3. The first-order valence-corrected chi connectivity index (χ1v) is 9.31. The molecule has 1 aliphatic rings. The predicted molar refractivity (Wildman–Crippen MR) is 99.9 cm³/mol. The number of amides is 1. The number of carbonyl (C=O) groups is 1. The third kappa shape index (κ3) is 3.68. The molecular formula is C19H25N3OS. The number of nitrogens with one attached hydrogen (secondary N) is 1. The van der Waals surface area contributed by atoms with E-state index in [1.165, 1.54) is 10.4 Å². The summed E-state index contributed by atoms with van der Waals surface area (Å²) in [6, 6.07) is 7.84. The van der Waals surface area contributed by atoms with E-state index < -0.39 is 0 Å². The zero-order chi connectivity index (χ0) is 17.3. The van der Waals surface area contributed by atoms with E-state index in [-0.39, 0.29) is 11.3 Å². The molecule has 0 bridgehead atoms. The first-order chi connectivity index (χ1) is 11.4. The second-order valence-electron chi connectivity index (χ2n) is 7.29. The van der Waals surface area contributed by atoms with Crippen LogP contribution < -0.4 is 5.32 Å². The fraction of sp³-hybridized carbons (Fsp3) is 0.474. The molecule has 0 unspecified atom stereocenters. The molecule has 0 saturated heterocycles. The van der Waals surface area contributed by atoms with Gasteiger partial charge in [0, 0.05) is 30.0 Å². The quantitative estimate of drug-likeness (QED) is 0.914. The van der Waals surface area contributed by atoms with Gasteiger partial charge in [0.2, 0.25) is 0 Å². The van der Waals surface area contributed by atoms with Crippen molar-refractivity contribution in [2.45, 2.75) is 46.1 Å². The number of thiazole rings is 1. The Morgan fingerprint density at radius 2 is 2.00 bits per heavy atom. The van der Waals surface area contributed by atoms with Crippen LogP contribution in [0.3, 0.4) is 0 Å². The van der Waals surface area contributed by atoms with E-state index in [1.807, 2.05) is 24.3 Å². The number of carbonyl (C=O) groups excluding carboxylic acids is 1. The molecule has 5 heteroatoms. The number of hydrogen-bond donors (Lipinski definition) is 1. The monoisotopic (exact) mass is 343 g/mol. The largest absolute Gasteiger partial charge is 0.298 e. The summed E-state index contributed by atoms with van der Waals surface area (Å²) in [7, 11) is 0. The number of nitrogens with zero attached hydrogens (tertiary/aromatic N) is 2. The minimum atomic E-state index is -0.0890. The van der Waals surface area contributed by atoms with Crippen LogP contribution in [0, 0.1) is 0 Å². The molecule has 0 fully saturated rings. The van der Waals surface area contributed by atoms with Crippen molar-refractivity contribution in [3.63, 3.8) is 0 Å². The Morgan fingerprint density at radius 1 is 1.29 bits per heavy atom. The van der Waals surface area contributed by atoms with Gasteiger partial charge in [-0.05, 0) is 29.7 Å². The van der Waals surface area contributed by atoms with Gasteiger partial charge in [0.05, 0.1) is 5.69 Å². The van der Waals surface area contributed by atoms with E-state index in [0.29, 0.717) is 10.7 Å². The van der Waals surface area contributed by atoms with Crippen LogP contribution in [0.5, 0.6) is 0 Å². The van der Waals surface area contributed by atoms with Crippen molar-refractivity contribution in [1.29, 1.82) is 0 Å². The smallest absolute Gasteiger partial charge is 0.257 e. The first kappa shape index (κ1) is 17.1. The Labute approximate surface area is 147 Å². The summed E-state index contributed by atoms with van der Waals surface area (Å²) in [4.78, 5) is 20.7. The van der Waals surface area contributed by atoms with E-state index in [0.717, 1.165) is 31.7 Å². The van der Waals surface area contributed by atoms with Crippen molar-refractivity contribution in [3.05, 3.63) is 46.0 Å². The number of hydrogen-bond acceptors (Lipinski definition) is 4. The van der Waals surface area contributed by atoms with Crippen LogP contribution in [-0.4, -0.2) is 28.9 Å². The second-order valence-corrected chi connectivity index (χ2v) is 8.37. The first-order valence-electron chi connectivity index (χ1n) is 8.49. The number of fused-ring (bicyclic) bond motifs is 1. The molecule has 0 spiro atoms. The minimum absolute atomic E-state index is 0.0890. The number of anilines is 1. The summed E-state index contributed by atoms with van der Waals surface area (Å²) in [5.74, 6) is -0.0890. The van der Waals surface area contributed by atoms with Gasteiger partial charge < -0.3 is 0 Å². The normalized spacial score (nSPS) is 15.2. The van der Waals surface area contributed by atoms with E-state index in [2.05, 4.69) is 42.9 Å². The Bertz CT molecular complexity index is 728. The number of aromatic nitrogens is 1. The van der Waals surface area contributed by atoms with Crippen LogP contribution in [0.2, 0.25) is 0 Å². The van der Waals surface area contributed by atoms with Gasteiger partial charge in [0.15, 0.2) is 5.13 Å². The molecule has 2 heterocycles. The van der Waals surface area contributed by atoms with Crippen LogP contribution >= 0.6 is 11.3 Å². The summed E-state index contributed by atoms with van der Waals surface area (Å²) in [6.07, 6.45) is 0.968. The van der Waals surface area contributed by atoms with E-state index in [4.69, 9.17) is 0 Å². The van der Waals surface area contributed by atoms with Crippen molar-refractivity contribution >= 4 is 22.4 Å². The summed E-state index contributed by atoms with van der Waals surface area (Å²) >= 11 is 1.60. The van der Waals surface area contributed by atoms with Crippen molar-refractivity contribution in [2.75, 3.05) is 18.4 Å². The van der Waals surface area contributed by atoms with Crippen LogP contribution in [0.15, 0.2) is 24.3 Å². The molecule has 1 aromatic heterocycles. The Balaban J connectivity index is 1.70. The lowest BCUT2D eigenvalue weighted by atomic mass is 9.87. The van der Waals surface area contributed by atoms with Crippen molar-refractivity contribution < 1.29 is 4.79 Å². The average molecular weight is 343 g/mol. The molecule has 1 aromatic carbocycles. The second kappa shape index (κ2) is 6.65. The maximum Gasteiger partial charge on any atom is 0.257 e. The highest BCUT2D eigenvalue weighted by Crippen LogP contribution is 2.28. The van der Waals surface area contributed by atoms with Crippen molar-refractivity contribution in [3.8, 4) is 0 Å². The van der Waals surface area contributed by atoms with Crippen LogP contribution in [-0.2, 0) is 18.4 Å². The zero-order valence-electron chi connectivity index (χ0n) is 14.8. The molecule has 1 amide bonds. The van der Waals surface area contributed by atoms with Crippen molar-refractivity contribution in [2.24, 2.45) is 0 Å². The maximum atomic E-state index is 12.5. The van der Waals surface area contributed by atoms with E-state index in [9.17, 15) is 4.79 Å². The number of benzene rings is 1. The lowest BCUT2D eigenvalue weighted by Gasteiger charge is -2.23. The lowest BCUT2D eigenvalue weighted by Crippen LogP contribution is -2.29. The molecule has 0 atom stereocenters. The van der Waals surface area contributed by atoms with E-state index >= 15 is 0 Å². The van der Waals surface area contributed by atoms with Crippen LogP contribution in [0.4, 0.5) is 5.13 Å². The SMILES string of the molecule is CCN1CCc2nc(NC(=O)c3ccc(C(C)(C)C)cc3)sc2C1. The predicted octanol–water partition coefficient (Wildman–Crippen LogP) is 4.07. The summed E-state index contributed by atoms with van der Waals surface area (Å²) in [5, 5.41) is 3.67. The van der Waals surface area contributed by atoms with Gasteiger partial charge in [-0.25, -0.2) is 4.98 Å². The fourth-order valence-corrected chi connectivity index (χ4v) is 3.91. The molecule has 4 nitrogen and oxygen atoms in total. The highest BCUT2D eigenvalue weighted by molar-refractivity contribution is 7.15. The van der Waals surface area contributed by atoms with Gasteiger partial charge in [-0.2, -0.15) is 0 Å². The van der Waals surface area contributed by atoms with Gasteiger partial charge >= 0.3 is 0 Å². The summed E-state index contributed by atoms with van der Waals surface area (Å²) < 4.78 is 0. The summed E-state index contributed by atoms with van der Waals surface area (Å²) in [5.41, 5.74) is 3.13. The third-order valence-electron chi connectivity index (χ3n) is 4.49. The van der Waals surface area contributed by atoms with E-state index in [1.54, 1.807) is 11.3 Å². The van der Waals surface area contributed by atoms with Crippen LogP contribution in [0.25, 0.3) is 0 Å². The third-order valence-corrected chi connectivity index (χ3v) is 5.49. The molecule has 0 saturated carbocycles. The standard InChI is InChI=1S/C19H25N3OS/c1-5-22-11-10-15-16(12-22)24-18(20-15)21-17(23)13-6-8-14(9-7-13)19(2,3)4/h6-9H,5,10-12H2,1-4H3,(H,20,21,23). The van der Waals surface area contributed by atoms with Gasteiger partial charge in [-0.3, -0.25) is 15.0 Å². The molecule has 128 valence electrons. The van der Waals surface area contributed by atoms with Crippen LogP contribution in [0.1, 0.15) is 54.2 Å². The van der Waals surface area contributed by atoms with Gasteiger partial charge in [0.1, 0.15) is 0 Å². The molecule has 1 aliphatic heterocycles.